The first-order chi connectivity index (χ1) is 16.1. The SMILES string of the molecule is COCC1CC2C3CCC4(C)C(CCC4C(C)(C)Cn4cc(C#N)cn4)C3CCC2(C)CC1C. The maximum atomic E-state index is 9.22. The molecule has 4 aliphatic carbocycles. The van der Waals surface area contributed by atoms with Crippen LogP contribution < -0.4 is 0 Å². The molecule has 34 heavy (non-hydrogen) atoms. The van der Waals surface area contributed by atoms with Crippen molar-refractivity contribution in [2.45, 2.75) is 92.5 Å². The lowest BCUT2D eigenvalue weighted by Crippen LogP contribution is -2.54. The van der Waals surface area contributed by atoms with Crippen LogP contribution in [0.4, 0.5) is 0 Å². The van der Waals surface area contributed by atoms with Crippen LogP contribution in [0.25, 0.3) is 0 Å². The van der Waals surface area contributed by atoms with Crippen molar-refractivity contribution >= 4 is 0 Å². The van der Waals surface area contributed by atoms with Gasteiger partial charge in [-0.3, -0.25) is 4.68 Å². The molecule has 0 radical (unpaired) electrons. The van der Waals surface area contributed by atoms with E-state index in [0.29, 0.717) is 16.4 Å². The number of nitrogens with zero attached hydrogens (tertiary/aromatic N) is 3. The van der Waals surface area contributed by atoms with Gasteiger partial charge in [0.15, 0.2) is 0 Å². The summed E-state index contributed by atoms with van der Waals surface area (Å²) in [6, 6.07) is 2.23. The molecule has 4 heteroatoms. The Balaban J connectivity index is 1.35. The average molecular weight is 466 g/mol. The zero-order valence-electron chi connectivity index (χ0n) is 22.5. The van der Waals surface area contributed by atoms with E-state index in [-0.39, 0.29) is 5.41 Å². The number of methoxy groups -OCH3 is 1. The summed E-state index contributed by atoms with van der Waals surface area (Å²) in [5, 5.41) is 13.7. The lowest BCUT2D eigenvalue weighted by molar-refractivity contribution is -0.127. The smallest absolute Gasteiger partial charge is 0.102 e. The van der Waals surface area contributed by atoms with Crippen LogP contribution in [-0.2, 0) is 11.3 Å². The highest BCUT2D eigenvalue weighted by atomic mass is 16.5. The molecule has 4 saturated carbocycles. The zero-order valence-corrected chi connectivity index (χ0v) is 22.5. The minimum atomic E-state index is 0.183. The summed E-state index contributed by atoms with van der Waals surface area (Å²) in [6.07, 6.45) is 14.9. The van der Waals surface area contributed by atoms with Gasteiger partial charge in [-0.05, 0) is 109 Å². The molecule has 9 unspecified atom stereocenters. The van der Waals surface area contributed by atoms with Gasteiger partial charge in [0, 0.05) is 26.5 Å². The maximum Gasteiger partial charge on any atom is 0.102 e. The van der Waals surface area contributed by atoms with Crippen molar-refractivity contribution in [2.24, 2.45) is 57.7 Å². The minimum Gasteiger partial charge on any atom is -0.384 e. The molecule has 0 aliphatic heterocycles. The fourth-order valence-corrected chi connectivity index (χ4v) is 10.4. The van der Waals surface area contributed by atoms with E-state index in [0.717, 1.165) is 54.6 Å². The van der Waals surface area contributed by atoms with E-state index in [9.17, 15) is 5.26 Å². The summed E-state index contributed by atoms with van der Waals surface area (Å²) in [5.41, 5.74) is 1.85. The van der Waals surface area contributed by atoms with Crippen molar-refractivity contribution in [2.75, 3.05) is 13.7 Å². The quantitative estimate of drug-likeness (QED) is 0.473. The summed E-state index contributed by atoms with van der Waals surface area (Å²) < 4.78 is 7.69. The Morgan fingerprint density at radius 1 is 1.15 bits per heavy atom. The van der Waals surface area contributed by atoms with E-state index in [2.05, 4.69) is 45.8 Å². The normalized spacial score (nSPS) is 44.1. The zero-order chi connectivity index (χ0) is 24.3. The third kappa shape index (κ3) is 3.85. The molecular weight excluding hydrogens is 418 g/mol. The summed E-state index contributed by atoms with van der Waals surface area (Å²) in [6.45, 7) is 14.6. The van der Waals surface area contributed by atoms with Gasteiger partial charge in [-0.15, -0.1) is 0 Å². The Labute approximate surface area is 207 Å². The molecule has 0 N–H and O–H groups in total. The number of nitriles is 1. The van der Waals surface area contributed by atoms with Crippen molar-refractivity contribution in [3.05, 3.63) is 18.0 Å². The van der Waals surface area contributed by atoms with E-state index in [1.807, 2.05) is 18.0 Å². The van der Waals surface area contributed by atoms with Gasteiger partial charge >= 0.3 is 0 Å². The highest BCUT2D eigenvalue weighted by Gasteiger charge is 2.61. The molecule has 1 aromatic rings. The predicted molar refractivity (Wildman–Crippen MR) is 136 cm³/mol. The van der Waals surface area contributed by atoms with E-state index < -0.39 is 0 Å². The highest BCUT2D eigenvalue weighted by molar-refractivity contribution is 5.21. The van der Waals surface area contributed by atoms with Crippen LogP contribution in [0, 0.1) is 69.0 Å². The molecule has 5 rings (SSSR count). The van der Waals surface area contributed by atoms with Crippen LogP contribution in [0.2, 0.25) is 0 Å². The number of fused-ring (bicyclic) bond motifs is 5. The average Bonchev–Trinajstić information content (AvgIpc) is 3.37. The minimum absolute atomic E-state index is 0.183. The van der Waals surface area contributed by atoms with Crippen LogP contribution in [0.1, 0.15) is 91.5 Å². The molecule has 1 aromatic heterocycles. The van der Waals surface area contributed by atoms with Crippen LogP contribution in [-0.4, -0.2) is 23.5 Å². The van der Waals surface area contributed by atoms with Gasteiger partial charge in [0.1, 0.15) is 6.07 Å². The van der Waals surface area contributed by atoms with Gasteiger partial charge in [-0.1, -0.05) is 34.6 Å². The summed E-state index contributed by atoms with van der Waals surface area (Å²) >= 11 is 0. The molecule has 0 amide bonds. The summed E-state index contributed by atoms with van der Waals surface area (Å²) in [4.78, 5) is 0. The van der Waals surface area contributed by atoms with Gasteiger partial charge < -0.3 is 4.74 Å². The lowest BCUT2D eigenvalue weighted by Gasteiger charge is -2.61. The van der Waals surface area contributed by atoms with Crippen molar-refractivity contribution in [3.8, 4) is 6.07 Å². The Morgan fingerprint density at radius 2 is 1.88 bits per heavy atom. The standard InChI is InChI=1S/C30H47N3O/c1-20-14-29(4)11-9-23-24(26(29)13-22(20)18-34-6)10-12-30(5)25(23)7-8-27(30)28(2,3)19-33-17-21(15-31)16-32-33/h16-17,20,22-27H,7-14,18-19H2,1-6H3. The van der Waals surface area contributed by atoms with Crippen LogP contribution in [0.3, 0.4) is 0 Å². The molecule has 9 atom stereocenters. The van der Waals surface area contributed by atoms with Gasteiger partial charge in [0.25, 0.3) is 0 Å². The van der Waals surface area contributed by atoms with Crippen molar-refractivity contribution < 1.29 is 4.74 Å². The number of ether oxygens (including phenoxy) is 1. The fraction of sp³-hybridized carbons (Fsp3) is 0.867. The number of aromatic nitrogens is 2. The molecule has 0 saturated heterocycles. The first-order valence-electron chi connectivity index (χ1n) is 14.0. The van der Waals surface area contributed by atoms with Crippen LogP contribution in [0.5, 0.6) is 0 Å². The molecular formula is C30H47N3O. The maximum absolute atomic E-state index is 9.22. The van der Waals surface area contributed by atoms with Gasteiger partial charge in [-0.25, -0.2) is 0 Å². The predicted octanol–water partition coefficient (Wildman–Crippen LogP) is 6.95. The number of hydrogen-bond acceptors (Lipinski definition) is 3. The third-order valence-electron chi connectivity index (χ3n) is 11.8. The lowest BCUT2D eigenvalue weighted by atomic mass is 9.44. The number of hydrogen-bond donors (Lipinski definition) is 0. The van der Waals surface area contributed by atoms with Gasteiger partial charge in [0.05, 0.1) is 11.8 Å². The fourth-order valence-electron chi connectivity index (χ4n) is 10.4. The Kier molecular flexibility index (Phi) is 6.20. The second-order valence-corrected chi connectivity index (χ2v) is 14.1. The highest BCUT2D eigenvalue weighted by Crippen LogP contribution is 2.69. The second kappa shape index (κ2) is 8.65. The Morgan fingerprint density at radius 3 is 2.59 bits per heavy atom. The molecule has 0 spiro atoms. The second-order valence-electron chi connectivity index (χ2n) is 14.1. The Hall–Kier alpha value is -1.34. The molecule has 4 aliphatic rings. The molecule has 1 heterocycles. The first kappa shape index (κ1) is 24.4. The summed E-state index contributed by atoms with van der Waals surface area (Å²) in [7, 11) is 1.89. The van der Waals surface area contributed by atoms with E-state index >= 15 is 0 Å². The van der Waals surface area contributed by atoms with Crippen molar-refractivity contribution in [1.29, 1.82) is 5.26 Å². The van der Waals surface area contributed by atoms with Crippen LogP contribution in [0.15, 0.2) is 12.4 Å². The largest absolute Gasteiger partial charge is 0.384 e. The first-order valence-corrected chi connectivity index (χ1v) is 14.0. The van der Waals surface area contributed by atoms with E-state index in [4.69, 9.17) is 4.74 Å². The van der Waals surface area contributed by atoms with Gasteiger partial charge in [0.2, 0.25) is 0 Å². The van der Waals surface area contributed by atoms with Crippen molar-refractivity contribution in [1.82, 2.24) is 9.78 Å². The molecule has 0 aromatic carbocycles. The van der Waals surface area contributed by atoms with E-state index in [1.54, 1.807) is 6.20 Å². The van der Waals surface area contributed by atoms with Gasteiger partial charge in [-0.2, -0.15) is 10.4 Å². The third-order valence-corrected chi connectivity index (χ3v) is 11.8. The monoisotopic (exact) mass is 465 g/mol. The molecule has 188 valence electrons. The van der Waals surface area contributed by atoms with Crippen LogP contribution >= 0.6 is 0 Å². The summed E-state index contributed by atoms with van der Waals surface area (Å²) in [5.74, 6) is 5.89. The molecule has 4 fully saturated rings. The molecule has 0 bridgehead atoms. The van der Waals surface area contributed by atoms with Crippen molar-refractivity contribution in [3.63, 3.8) is 0 Å². The number of rotatable bonds is 5. The Bertz CT molecular complexity index is 930. The topological polar surface area (TPSA) is 50.8 Å². The van der Waals surface area contributed by atoms with E-state index in [1.165, 1.54) is 51.4 Å². The molecule has 4 nitrogen and oxygen atoms in total.